The Hall–Kier alpha value is -2.62. The number of aryl methyl sites for hydroxylation is 2. The minimum atomic E-state index is 0.117. The second-order valence-corrected chi connectivity index (χ2v) is 5.42. The van der Waals surface area contributed by atoms with Gasteiger partial charge in [0, 0.05) is 18.8 Å². The van der Waals surface area contributed by atoms with E-state index in [1.807, 2.05) is 42.6 Å². The first-order valence-corrected chi connectivity index (χ1v) is 8.02. The Bertz CT molecular complexity index is 681. The van der Waals surface area contributed by atoms with Crippen molar-refractivity contribution in [2.75, 3.05) is 14.2 Å². The van der Waals surface area contributed by atoms with Gasteiger partial charge < -0.3 is 9.47 Å². The van der Waals surface area contributed by atoms with Gasteiger partial charge in [-0.2, -0.15) is 0 Å². The molecule has 2 aromatic rings. The number of nitrogens with zero attached hydrogens (tertiary/aromatic N) is 1. The van der Waals surface area contributed by atoms with Gasteiger partial charge in [-0.15, -0.1) is 0 Å². The molecular formula is C20H23NO3. The van der Waals surface area contributed by atoms with Crippen molar-refractivity contribution >= 4 is 5.78 Å². The molecule has 24 heavy (non-hydrogen) atoms. The van der Waals surface area contributed by atoms with E-state index in [1.54, 1.807) is 26.5 Å². The van der Waals surface area contributed by atoms with Crippen molar-refractivity contribution in [3.63, 3.8) is 0 Å². The van der Waals surface area contributed by atoms with Gasteiger partial charge in [-0.25, -0.2) is 0 Å². The molecule has 0 aliphatic carbocycles. The lowest BCUT2D eigenvalue weighted by molar-refractivity contribution is -0.114. The van der Waals surface area contributed by atoms with Crippen LogP contribution in [0.25, 0.3) is 0 Å². The van der Waals surface area contributed by atoms with Crippen molar-refractivity contribution in [2.24, 2.45) is 0 Å². The number of allylic oxidation sites excluding steroid dienone is 2. The second kappa shape index (κ2) is 9.50. The number of carbonyl (C=O) groups excluding carboxylic acids is 1. The Morgan fingerprint density at radius 2 is 2.00 bits per heavy atom. The molecule has 0 fully saturated rings. The van der Waals surface area contributed by atoms with E-state index in [2.05, 4.69) is 4.98 Å². The molecule has 4 heteroatoms. The van der Waals surface area contributed by atoms with Gasteiger partial charge in [0.25, 0.3) is 0 Å². The standard InChI is InChI=1S/C20H23NO3/c1-23-19-11-5-9-17(20(19)24-2)12-13-18(22)10-4-3-7-16-8-6-14-21-15-16/h4-6,8-11,14-15H,3,7,12-13H2,1-2H3/b10-4+. The number of hydrogen-bond acceptors (Lipinski definition) is 4. The second-order valence-electron chi connectivity index (χ2n) is 5.42. The molecule has 1 aromatic heterocycles. The number of ether oxygens (including phenoxy) is 2. The lowest BCUT2D eigenvalue weighted by Crippen LogP contribution is -2.00. The number of methoxy groups -OCH3 is 2. The topological polar surface area (TPSA) is 48.4 Å². The lowest BCUT2D eigenvalue weighted by atomic mass is 10.1. The van der Waals surface area contributed by atoms with Crippen LogP contribution in [-0.2, 0) is 17.6 Å². The highest BCUT2D eigenvalue weighted by Crippen LogP contribution is 2.31. The minimum Gasteiger partial charge on any atom is -0.493 e. The third kappa shape index (κ3) is 5.23. The molecule has 126 valence electrons. The van der Waals surface area contributed by atoms with Crippen LogP contribution in [0.2, 0.25) is 0 Å². The number of hydrogen-bond donors (Lipinski definition) is 0. The normalized spacial score (nSPS) is 10.8. The van der Waals surface area contributed by atoms with Gasteiger partial charge in [0.15, 0.2) is 17.3 Å². The summed E-state index contributed by atoms with van der Waals surface area (Å²) >= 11 is 0. The smallest absolute Gasteiger partial charge is 0.163 e. The summed E-state index contributed by atoms with van der Waals surface area (Å²) in [6, 6.07) is 9.68. The van der Waals surface area contributed by atoms with Crippen molar-refractivity contribution in [3.05, 3.63) is 66.0 Å². The zero-order chi connectivity index (χ0) is 17.2. The zero-order valence-electron chi connectivity index (χ0n) is 14.2. The third-order valence-electron chi connectivity index (χ3n) is 3.75. The van der Waals surface area contributed by atoms with Crippen LogP contribution < -0.4 is 9.47 Å². The average Bonchev–Trinajstić information content (AvgIpc) is 2.63. The fourth-order valence-electron chi connectivity index (χ4n) is 2.50. The number of carbonyl (C=O) groups is 1. The van der Waals surface area contributed by atoms with Crippen LogP contribution in [0.1, 0.15) is 24.0 Å². The minimum absolute atomic E-state index is 0.117. The maximum Gasteiger partial charge on any atom is 0.163 e. The average molecular weight is 325 g/mol. The maximum absolute atomic E-state index is 12.0. The Morgan fingerprint density at radius 3 is 2.71 bits per heavy atom. The van der Waals surface area contributed by atoms with Crippen LogP contribution in [0.5, 0.6) is 11.5 Å². The van der Waals surface area contributed by atoms with Crippen LogP contribution in [0.15, 0.2) is 54.9 Å². The molecule has 0 unspecified atom stereocenters. The van der Waals surface area contributed by atoms with Gasteiger partial charge in [0.05, 0.1) is 14.2 Å². The van der Waals surface area contributed by atoms with Gasteiger partial charge in [0.2, 0.25) is 0 Å². The number of pyridine rings is 1. The van der Waals surface area contributed by atoms with Crippen molar-refractivity contribution in [3.8, 4) is 11.5 Å². The van der Waals surface area contributed by atoms with Gasteiger partial charge >= 0.3 is 0 Å². The van der Waals surface area contributed by atoms with Gasteiger partial charge in [0.1, 0.15) is 0 Å². The largest absolute Gasteiger partial charge is 0.493 e. The molecule has 4 nitrogen and oxygen atoms in total. The fourth-order valence-corrected chi connectivity index (χ4v) is 2.50. The fraction of sp³-hybridized carbons (Fsp3) is 0.300. The predicted octanol–water partition coefficient (Wildman–Crippen LogP) is 3.79. The van der Waals surface area contributed by atoms with Crippen LogP contribution in [0, 0.1) is 0 Å². The molecule has 2 rings (SSSR count). The predicted molar refractivity (Wildman–Crippen MR) is 94.6 cm³/mol. The first-order chi connectivity index (χ1) is 11.7. The summed E-state index contributed by atoms with van der Waals surface area (Å²) in [5, 5.41) is 0. The van der Waals surface area contributed by atoms with Crippen molar-refractivity contribution in [1.29, 1.82) is 0 Å². The number of para-hydroxylation sites is 1. The number of ketones is 1. The van der Waals surface area contributed by atoms with Crippen molar-refractivity contribution in [2.45, 2.75) is 25.7 Å². The van der Waals surface area contributed by atoms with E-state index in [9.17, 15) is 4.79 Å². The van der Waals surface area contributed by atoms with Crippen molar-refractivity contribution < 1.29 is 14.3 Å². The quantitative estimate of drug-likeness (QED) is 0.658. The summed E-state index contributed by atoms with van der Waals surface area (Å²) in [4.78, 5) is 16.1. The maximum atomic E-state index is 12.0. The van der Waals surface area contributed by atoms with Crippen LogP contribution in [-0.4, -0.2) is 25.0 Å². The summed E-state index contributed by atoms with van der Waals surface area (Å²) in [6.07, 6.45) is 10.0. The number of aromatic nitrogens is 1. The first-order valence-electron chi connectivity index (χ1n) is 8.02. The van der Waals surface area contributed by atoms with E-state index < -0.39 is 0 Å². The van der Waals surface area contributed by atoms with E-state index in [4.69, 9.17) is 9.47 Å². The summed E-state index contributed by atoms with van der Waals surface area (Å²) in [5.41, 5.74) is 2.16. The Labute approximate surface area is 143 Å². The van der Waals surface area contributed by atoms with Crippen LogP contribution >= 0.6 is 0 Å². The Morgan fingerprint density at radius 1 is 1.12 bits per heavy atom. The van der Waals surface area contributed by atoms with Crippen LogP contribution in [0.4, 0.5) is 0 Å². The van der Waals surface area contributed by atoms with E-state index >= 15 is 0 Å². The van der Waals surface area contributed by atoms with Gasteiger partial charge in [-0.1, -0.05) is 24.3 Å². The summed E-state index contributed by atoms with van der Waals surface area (Å²) in [7, 11) is 3.22. The molecule has 1 aromatic carbocycles. The first kappa shape index (κ1) is 17.7. The molecule has 0 amide bonds. The molecule has 0 saturated carbocycles. The lowest BCUT2D eigenvalue weighted by Gasteiger charge is -2.11. The molecule has 0 radical (unpaired) electrons. The third-order valence-corrected chi connectivity index (χ3v) is 3.75. The highest BCUT2D eigenvalue weighted by Gasteiger charge is 2.10. The molecule has 0 aliphatic rings. The number of benzene rings is 1. The molecule has 0 saturated heterocycles. The van der Waals surface area contributed by atoms with E-state index in [0.717, 1.165) is 18.4 Å². The molecule has 0 bridgehead atoms. The molecule has 1 heterocycles. The van der Waals surface area contributed by atoms with Gasteiger partial charge in [-0.05, 0) is 48.6 Å². The van der Waals surface area contributed by atoms with E-state index in [1.165, 1.54) is 5.56 Å². The monoisotopic (exact) mass is 325 g/mol. The highest BCUT2D eigenvalue weighted by atomic mass is 16.5. The summed E-state index contributed by atoms with van der Waals surface area (Å²) < 4.78 is 10.7. The summed E-state index contributed by atoms with van der Waals surface area (Å²) in [6.45, 7) is 0. The van der Waals surface area contributed by atoms with Crippen molar-refractivity contribution in [1.82, 2.24) is 4.98 Å². The molecule has 0 spiro atoms. The zero-order valence-corrected chi connectivity index (χ0v) is 14.2. The Kier molecular flexibility index (Phi) is 7.02. The van der Waals surface area contributed by atoms with E-state index in [0.29, 0.717) is 24.3 Å². The SMILES string of the molecule is COc1cccc(CCC(=O)/C=C/CCc2cccnc2)c1OC. The Balaban J connectivity index is 1.82. The summed E-state index contributed by atoms with van der Waals surface area (Å²) in [5.74, 6) is 1.51. The molecular weight excluding hydrogens is 302 g/mol. The molecule has 0 N–H and O–H groups in total. The molecule has 0 aliphatic heterocycles. The van der Waals surface area contributed by atoms with Gasteiger partial charge in [-0.3, -0.25) is 9.78 Å². The van der Waals surface area contributed by atoms with Crippen LogP contribution in [0.3, 0.4) is 0 Å². The number of rotatable bonds is 9. The molecule has 0 atom stereocenters. The van der Waals surface area contributed by atoms with E-state index in [-0.39, 0.29) is 5.78 Å². The highest BCUT2D eigenvalue weighted by molar-refractivity contribution is 5.89.